The molecule has 1 unspecified atom stereocenters. The summed E-state index contributed by atoms with van der Waals surface area (Å²) < 4.78 is 0. The summed E-state index contributed by atoms with van der Waals surface area (Å²) in [5.74, 6) is 2.10. The molecule has 2 saturated carbocycles. The first-order chi connectivity index (χ1) is 13.6. The third-order valence-electron chi connectivity index (χ3n) is 7.70. The van der Waals surface area contributed by atoms with Gasteiger partial charge in [-0.25, -0.2) is 0 Å². The van der Waals surface area contributed by atoms with Crippen molar-refractivity contribution in [1.29, 1.82) is 0 Å². The average Bonchev–Trinajstić information content (AvgIpc) is 3.01. The van der Waals surface area contributed by atoms with Gasteiger partial charge in [-0.15, -0.1) is 0 Å². The largest absolute Gasteiger partial charge is 0.396 e. The molecule has 0 heterocycles. The van der Waals surface area contributed by atoms with Gasteiger partial charge >= 0.3 is 0 Å². The second kappa shape index (κ2) is 10.4. The van der Waals surface area contributed by atoms with Crippen LogP contribution in [-0.4, -0.2) is 34.1 Å². The van der Waals surface area contributed by atoms with Crippen LogP contribution in [0.1, 0.15) is 85.5 Å². The van der Waals surface area contributed by atoms with Crippen LogP contribution in [0.15, 0.2) is 35.5 Å². The lowest BCUT2D eigenvalue weighted by Crippen LogP contribution is -2.36. The number of rotatable bonds is 10. The van der Waals surface area contributed by atoms with Crippen LogP contribution < -0.4 is 0 Å². The first-order valence-corrected chi connectivity index (χ1v) is 11.6. The van der Waals surface area contributed by atoms with Crippen molar-refractivity contribution in [2.45, 2.75) is 91.1 Å². The van der Waals surface area contributed by atoms with E-state index >= 15 is 0 Å². The Morgan fingerprint density at radius 2 is 2.03 bits per heavy atom. The summed E-state index contributed by atoms with van der Waals surface area (Å²) in [5.41, 5.74) is 3.03. The van der Waals surface area contributed by atoms with Crippen molar-refractivity contribution in [3.63, 3.8) is 0 Å². The smallest absolute Gasteiger partial charge is 0.0678 e. The molecule has 3 nitrogen and oxygen atoms in total. The molecule has 4 atom stereocenters. The fourth-order valence-electron chi connectivity index (χ4n) is 6.08. The zero-order chi connectivity index (χ0) is 21.7. The first kappa shape index (κ1) is 24.4. The van der Waals surface area contributed by atoms with E-state index in [1.807, 2.05) is 13.8 Å². The maximum absolute atomic E-state index is 10.0. The molecule has 0 spiro atoms. The van der Waals surface area contributed by atoms with Crippen LogP contribution in [0.25, 0.3) is 0 Å². The van der Waals surface area contributed by atoms with Crippen LogP contribution in [0.5, 0.6) is 0 Å². The molecule has 3 heteroatoms. The monoisotopic (exact) mass is 404 g/mol. The Hall–Kier alpha value is -0.900. The van der Waals surface area contributed by atoms with Crippen molar-refractivity contribution in [3.8, 4) is 0 Å². The quantitative estimate of drug-likeness (QED) is 0.418. The molecule has 0 aliphatic heterocycles. The van der Waals surface area contributed by atoms with E-state index in [2.05, 4.69) is 32.6 Å². The lowest BCUT2D eigenvalue weighted by atomic mass is 9.60. The second-order valence-corrected chi connectivity index (χ2v) is 10.4. The Balaban J connectivity index is 2.11. The number of allylic oxidation sites excluding steroid dienone is 3. The molecule has 29 heavy (non-hydrogen) atoms. The maximum Gasteiger partial charge on any atom is 0.0678 e. The van der Waals surface area contributed by atoms with Gasteiger partial charge in [0, 0.05) is 6.61 Å². The first-order valence-electron chi connectivity index (χ1n) is 11.6. The minimum absolute atomic E-state index is 0.0552. The van der Waals surface area contributed by atoms with Crippen LogP contribution in [0.4, 0.5) is 0 Å². The van der Waals surface area contributed by atoms with Gasteiger partial charge < -0.3 is 15.3 Å². The molecule has 0 aromatic carbocycles. The summed E-state index contributed by atoms with van der Waals surface area (Å²) in [4.78, 5) is 0. The average molecular weight is 405 g/mol. The van der Waals surface area contributed by atoms with Crippen molar-refractivity contribution in [2.75, 3.05) is 13.2 Å². The fourth-order valence-corrected chi connectivity index (χ4v) is 6.08. The topological polar surface area (TPSA) is 60.7 Å². The maximum atomic E-state index is 10.0. The van der Waals surface area contributed by atoms with Gasteiger partial charge in [0.1, 0.15) is 0 Å². The van der Waals surface area contributed by atoms with Crippen LogP contribution >= 0.6 is 0 Å². The predicted octanol–water partition coefficient (Wildman–Crippen LogP) is 5.56. The molecular formula is C26H44O3. The highest BCUT2D eigenvalue weighted by molar-refractivity contribution is 5.34. The lowest BCUT2D eigenvalue weighted by Gasteiger charge is -2.44. The number of aliphatic hydroxyl groups is 3. The van der Waals surface area contributed by atoms with Crippen molar-refractivity contribution in [3.05, 3.63) is 35.5 Å². The summed E-state index contributed by atoms with van der Waals surface area (Å²) in [6.07, 6.45) is 14.4. The molecule has 3 N–H and O–H groups in total. The van der Waals surface area contributed by atoms with E-state index < -0.39 is 5.60 Å². The number of fused-ring (bicyclic) bond motifs is 1. The standard InChI is InChI=1S/C26H44O3/c1-19(8-6-15-25(3,4)29)23-12-13-24-22(9-7-16-26(23,24)5)11-10-21(14-17-27)20(2)18-28/h10-11,19,23-24,27-29H,2,6-9,12-18H2,1,3-5H3/b21-10+,22-11+/t19?,23-,24-,26+/m1/s1. The van der Waals surface area contributed by atoms with Gasteiger partial charge in [-0.3, -0.25) is 0 Å². The Morgan fingerprint density at radius 1 is 1.31 bits per heavy atom. The molecule has 2 fully saturated rings. The van der Waals surface area contributed by atoms with Gasteiger partial charge in [0.15, 0.2) is 0 Å². The number of aliphatic hydroxyl groups excluding tert-OH is 2. The third kappa shape index (κ3) is 6.29. The summed E-state index contributed by atoms with van der Waals surface area (Å²) in [5, 5.41) is 28.8. The van der Waals surface area contributed by atoms with E-state index in [0.29, 0.717) is 29.2 Å². The van der Waals surface area contributed by atoms with E-state index in [9.17, 15) is 15.3 Å². The van der Waals surface area contributed by atoms with Crippen molar-refractivity contribution >= 4 is 0 Å². The van der Waals surface area contributed by atoms with Crippen molar-refractivity contribution < 1.29 is 15.3 Å². The number of hydrogen-bond acceptors (Lipinski definition) is 3. The van der Waals surface area contributed by atoms with Gasteiger partial charge in [-0.1, -0.05) is 51.0 Å². The molecular weight excluding hydrogens is 360 g/mol. The SMILES string of the molecule is C=C(CO)/C(=C/C=C1\CCC[C@]2(C)[C@@H]1CC[C@@H]2C(C)CCCC(C)(C)O)CCO. The Morgan fingerprint density at radius 3 is 2.66 bits per heavy atom. The summed E-state index contributed by atoms with van der Waals surface area (Å²) in [7, 11) is 0. The normalized spacial score (nSPS) is 30.4. The molecule has 0 radical (unpaired) electrons. The van der Waals surface area contributed by atoms with Crippen LogP contribution in [0.3, 0.4) is 0 Å². The molecule has 0 bridgehead atoms. The Labute approximate surface area is 178 Å². The van der Waals surface area contributed by atoms with Crippen LogP contribution in [0, 0.1) is 23.2 Å². The van der Waals surface area contributed by atoms with E-state index in [-0.39, 0.29) is 13.2 Å². The van der Waals surface area contributed by atoms with Gasteiger partial charge in [-0.2, -0.15) is 0 Å². The van der Waals surface area contributed by atoms with Crippen LogP contribution in [-0.2, 0) is 0 Å². The second-order valence-electron chi connectivity index (χ2n) is 10.4. The molecule has 0 saturated heterocycles. The fraction of sp³-hybridized carbons (Fsp3) is 0.769. The minimum Gasteiger partial charge on any atom is -0.396 e. The van der Waals surface area contributed by atoms with E-state index in [1.54, 1.807) is 5.57 Å². The highest BCUT2D eigenvalue weighted by atomic mass is 16.3. The van der Waals surface area contributed by atoms with E-state index in [4.69, 9.17) is 0 Å². The number of hydrogen-bond donors (Lipinski definition) is 3. The highest BCUT2D eigenvalue weighted by Crippen LogP contribution is 2.59. The predicted molar refractivity (Wildman–Crippen MR) is 122 cm³/mol. The summed E-state index contributed by atoms with van der Waals surface area (Å²) >= 11 is 0. The van der Waals surface area contributed by atoms with Gasteiger partial charge in [0.2, 0.25) is 0 Å². The zero-order valence-electron chi connectivity index (χ0n) is 19.2. The zero-order valence-corrected chi connectivity index (χ0v) is 19.2. The van der Waals surface area contributed by atoms with E-state index in [1.165, 1.54) is 32.1 Å². The Bertz CT molecular complexity index is 610. The van der Waals surface area contributed by atoms with Crippen molar-refractivity contribution in [1.82, 2.24) is 0 Å². The molecule has 0 amide bonds. The Kier molecular flexibility index (Phi) is 8.75. The summed E-state index contributed by atoms with van der Waals surface area (Å²) in [6.45, 7) is 12.7. The molecule has 2 aliphatic rings. The lowest BCUT2D eigenvalue weighted by molar-refractivity contribution is 0.0596. The molecule has 2 rings (SSSR count). The third-order valence-corrected chi connectivity index (χ3v) is 7.70. The van der Waals surface area contributed by atoms with Gasteiger partial charge in [-0.05, 0) is 93.1 Å². The molecule has 0 aromatic rings. The van der Waals surface area contributed by atoms with Gasteiger partial charge in [0.05, 0.1) is 12.2 Å². The highest BCUT2D eigenvalue weighted by Gasteiger charge is 2.50. The summed E-state index contributed by atoms with van der Waals surface area (Å²) in [6, 6.07) is 0. The minimum atomic E-state index is -0.556. The van der Waals surface area contributed by atoms with Crippen molar-refractivity contribution in [2.24, 2.45) is 23.2 Å². The molecule has 0 aromatic heterocycles. The van der Waals surface area contributed by atoms with Crippen LogP contribution in [0.2, 0.25) is 0 Å². The molecule has 2 aliphatic carbocycles. The van der Waals surface area contributed by atoms with E-state index in [0.717, 1.165) is 30.8 Å². The van der Waals surface area contributed by atoms with Gasteiger partial charge in [0.25, 0.3) is 0 Å². The molecule has 166 valence electrons.